The summed E-state index contributed by atoms with van der Waals surface area (Å²) in [6.07, 6.45) is 0.389. The van der Waals surface area contributed by atoms with E-state index in [9.17, 15) is 5.11 Å². The normalized spacial score (nSPS) is 8.40. The zero-order valence-corrected chi connectivity index (χ0v) is 2.98. The molecule has 5 heavy (non-hydrogen) atoms. The second kappa shape index (κ2) is 3.92. The maximum absolute atomic E-state index is 9.37. The summed E-state index contributed by atoms with van der Waals surface area (Å²) in [7, 11) is 0. The second-order valence-electron chi connectivity index (χ2n) is 0.781. The van der Waals surface area contributed by atoms with Crippen molar-refractivity contribution in [1.82, 2.24) is 0 Å². The van der Waals surface area contributed by atoms with Crippen LogP contribution in [0.25, 0.3) is 0 Å². The van der Waals surface area contributed by atoms with Gasteiger partial charge in [0.25, 0.3) is 0 Å². The van der Waals surface area contributed by atoms with E-state index in [1.807, 2.05) is 0 Å². The smallest absolute Gasteiger partial charge is 0.0844 e. The first kappa shape index (κ1) is 4.92. The molecule has 0 bridgehead atoms. The quantitative estimate of drug-likeness (QED) is 0.485. The highest BCUT2D eigenvalue weighted by atomic mass is 16.3. The third kappa shape index (κ3) is 3.92. The largest absolute Gasteiger partial charge is 0.396 e. The molecule has 0 fully saturated rings. The van der Waals surface area contributed by atoms with Gasteiger partial charge in [-0.1, -0.05) is 0 Å². The predicted molar refractivity (Wildman–Crippen MR) is 17.3 cm³/mol. The maximum atomic E-state index is 9.37. The second-order valence-corrected chi connectivity index (χ2v) is 0.781. The molecule has 0 saturated carbocycles. The van der Waals surface area contributed by atoms with E-state index in [1.54, 1.807) is 0 Å². The van der Waals surface area contributed by atoms with Gasteiger partial charge in [-0.2, -0.15) is 0 Å². The van der Waals surface area contributed by atoms with Crippen LogP contribution in [-0.2, 0) is 5.11 Å². The van der Waals surface area contributed by atoms with E-state index in [1.165, 1.54) is 0 Å². The summed E-state index contributed by atoms with van der Waals surface area (Å²) < 4.78 is 0. The number of rotatable bonds is 2. The van der Waals surface area contributed by atoms with Gasteiger partial charge in [-0.15, -0.1) is 0 Å². The molecule has 0 heterocycles. The Morgan fingerprint density at radius 1 is 1.60 bits per heavy atom. The average Bonchev–Trinajstić information content (AvgIpc) is 1.41. The molecule has 0 amide bonds. The monoisotopic (exact) mass is 75.0 g/mol. The maximum Gasteiger partial charge on any atom is 0.0844 e. The molecule has 0 aromatic rings. The van der Waals surface area contributed by atoms with Crippen molar-refractivity contribution in [3.8, 4) is 0 Å². The van der Waals surface area contributed by atoms with Gasteiger partial charge in [0.2, 0.25) is 0 Å². The molecule has 1 radical (unpaired) electrons. The van der Waals surface area contributed by atoms with Gasteiger partial charge in [-0.05, 0) is 6.42 Å². The predicted octanol–water partition coefficient (Wildman–Crippen LogP) is -0.201. The van der Waals surface area contributed by atoms with Crippen LogP contribution < -0.4 is 0 Å². The van der Waals surface area contributed by atoms with Crippen LogP contribution >= 0.6 is 0 Å². The Bertz CT molecular complexity index is 12.4. The molecule has 0 unspecified atom stereocenters. The van der Waals surface area contributed by atoms with Gasteiger partial charge in [0.05, 0.1) is 6.61 Å². The Morgan fingerprint density at radius 3 is 2.20 bits per heavy atom. The van der Waals surface area contributed by atoms with Crippen molar-refractivity contribution >= 4 is 0 Å². The van der Waals surface area contributed by atoms with Crippen molar-refractivity contribution in [1.29, 1.82) is 0 Å². The van der Waals surface area contributed by atoms with E-state index in [0.29, 0.717) is 6.42 Å². The minimum atomic E-state index is -0.156. The van der Waals surface area contributed by atoms with Gasteiger partial charge in [0.15, 0.2) is 0 Å². The molecule has 2 heteroatoms. The van der Waals surface area contributed by atoms with Crippen molar-refractivity contribution in [3.05, 3.63) is 0 Å². The summed E-state index contributed by atoms with van der Waals surface area (Å²) in [5.74, 6) is 0. The highest BCUT2D eigenvalue weighted by Crippen LogP contribution is 1.66. The van der Waals surface area contributed by atoms with Crippen molar-refractivity contribution in [2.75, 3.05) is 13.2 Å². The van der Waals surface area contributed by atoms with Crippen molar-refractivity contribution in [2.45, 2.75) is 6.42 Å². The van der Waals surface area contributed by atoms with Crippen molar-refractivity contribution in [2.24, 2.45) is 0 Å². The number of hydrogen-bond donors (Lipinski definition) is 1. The first-order chi connectivity index (χ1) is 2.41. The standard InChI is InChI=1S/C3H7O2/c4-2-1-3-5/h4H,1-3H2. The zero-order chi connectivity index (χ0) is 4.12. The molecule has 1 N–H and O–H groups in total. The van der Waals surface area contributed by atoms with Crippen LogP contribution in [0.1, 0.15) is 6.42 Å². The fourth-order valence-corrected chi connectivity index (χ4v) is 0.0645. The Hall–Kier alpha value is -0.0800. The van der Waals surface area contributed by atoms with Gasteiger partial charge >= 0.3 is 0 Å². The topological polar surface area (TPSA) is 40.1 Å². The summed E-state index contributed by atoms with van der Waals surface area (Å²) in [6, 6.07) is 0. The average molecular weight is 75.1 g/mol. The first-order valence-electron chi connectivity index (χ1n) is 1.60. The van der Waals surface area contributed by atoms with Crippen LogP contribution in [0.5, 0.6) is 0 Å². The van der Waals surface area contributed by atoms with Gasteiger partial charge in [-0.3, -0.25) is 0 Å². The van der Waals surface area contributed by atoms with Crippen LogP contribution in [0.3, 0.4) is 0 Å². The van der Waals surface area contributed by atoms with Crippen LogP contribution in [0.15, 0.2) is 0 Å². The molecular formula is C3H7O2. The van der Waals surface area contributed by atoms with Gasteiger partial charge in [0, 0.05) is 6.61 Å². The Kier molecular flexibility index (Phi) is 3.86. The highest BCUT2D eigenvalue weighted by molar-refractivity contribution is 4.21. The summed E-state index contributed by atoms with van der Waals surface area (Å²) in [6.45, 7) is -0.125. The third-order valence-electron chi connectivity index (χ3n) is 0.302. The molecule has 0 aliphatic carbocycles. The molecular weight excluding hydrogens is 68.0 g/mol. The van der Waals surface area contributed by atoms with Crippen molar-refractivity contribution in [3.63, 3.8) is 0 Å². The summed E-state index contributed by atoms with van der Waals surface area (Å²) >= 11 is 0. The molecule has 0 aliphatic heterocycles. The molecule has 0 aliphatic rings. The Morgan fingerprint density at radius 2 is 2.20 bits per heavy atom. The minimum Gasteiger partial charge on any atom is -0.396 e. The summed E-state index contributed by atoms with van der Waals surface area (Å²) in [5, 5.41) is 17.2. The van der Waals surface area contributed by atoms with Gasteiger partial charge < -0.3 is 5.11 Å². The van der Waals surface area contributed by atoms with Crippen LogP contribution in [-0.4, -0.2) is 18.3 Å². The van der Waals surface area contributed by atoms with E-state index < -0.39 is 0 Å². The zero-order valence-electron chi connectivity index (χ0n) is 2.98. The third-order valence-corrected chi connectivity index (χ3v) is 0.302. The highest BCUT2D eigenvalue weighted by Gasteiger charge is 1.72. The van der Waals surface area contributed by atoms with E-state index >= 15 is 0 Å². The lowest BCUT2D eigenvalue weighted by molar-refractivity contribution is 0.159. The lowest BCUT2D eigenvalue weighted by Crippen LogP contribution is -1.83. The summed E-state index contributed by atoms with van der Waals surface area (Å²) in [4.78, 5) is 0. The minimum absolute atomic E-state index is 0.0312. The molecule has 0 saturated heterocycles. The van der Waals surface area contributed by atoms with Crippen LogP contribution in [0.4, 0.5) is 0 Å². The molecule has 2 nitrogen and oxygen atoms in total. The molecule has 0 aromatic carbocycles. The number of hydrogen-bond acceptors (Lipinski definition) is 1. The van der Waals surface area contributed by atoms with Crippen LogP contribution in [0, 0.1) is 0 Å². The van der Waals surface area contributed by atoms with Crippen LogP contribution in [0.2, 0.25) is 0 Å². The van der Waals surface area contributed by atoms with E-state index in [-0.39, 0.29) is 13.2 Å². The molecule has 0 aromatic heterocycles. The molecule has 0 atom stereocenters. The lowest BCUT2D eigenvalue weighted by Gasteiger charge is -1.76. The number of aliphatic hydroxyl groups excluding tert-OH is 1. The molecule has 0 rings (SSSR count). The number of aliphatic hydroxyl groups is 1. The van der Waals surface area contributed by atoms with E-state index in [2.05, 4.69) is 0 Å². The lowest BCUT2D eigenvalue weighted by atomic mass is 10.5. The fourth-order valence-electron chi connectivity index (χ4n) is 0.0645. The summed E-state index contributed by atoms with van der Waals surface area (Å²) in [5.41, 5.74) is 0. The van der Waals surface area contributed by atoms with E-state index in [0.717, 1.165) is 0 Å². The SMILES string of the molecule is [O]CCCO. The van der Waals surface area contributed by atoms with E-state index in [4.69, 9.17) is 5.11 Å². The molecule has 0 spiro atoms. The molecule has 31 valence electrons. The Balaban J connectivity index is 2.19. The first-order valence-corrected chi connectivity index (χ1v) is 1.60. The van der Waals surface area contributed by atoms with Gasteiger partial charge in [-0.25, -0.2) is 5.11 Å². The van der Waals surface area contributed by atoms with Gasteiger partial charge in [0.1, 0.15) is 0 Å². The fraction of sp³-hybridized carbons (Fsp3) is 1.00. The van der Waals surface area contributed by atoms with Crippen molar-refractivity contribution < 1.29 is 10.2 Å². The Labute approximate surface area is 31.1 Å².